The van der Waals surface area contributed by atoms with Crippen molar-refractivity contribution in [2.45, 2.75) is 13.0 Å². The number of aromatic hydroxyl groups is 1. The smallest absolute Gasteiger partial charge is 0.121 e. The third-order valence-electron chi connectivity index (χ3n) is 5.11. The Hall–Kier alpha value is -2.36. The number of hydrogen-bond acceptors (Lipinski definition) is 3. The molecule has 1 fully saturated rings. The minimum atomic E-state index is 0.0243. The van der Waals surface area contributed by atoms with Crippen LogP contribution in [0.1, 0.15) is 22.7 Å². The Labute approximate surface area is 148 Å². The number of nitrogens with zero attached hydrogens (tertiary/aromatic N) is 1. The van der Waals surface area contributed by atoms with Gasteiger partial charge in [-0.25, -0.2) is 0 Å². The van der Waals surface area contributed by atoms with Crippen molar-refractivity contribution in [3.05, 3.63) is 77.4 Å². The quantitative estimate of drug-likeness (QED) is 0.777. The van der Waals surface area contributed by atoms with E-state index < -0.39 is 0 Å². The van der Waals surface area contributed by atoms with Crippen molar-refractivity contribution in [3.8, 4) is 5.75 Å². The van der Waals surface area contributed by atoms with Gasteiger partial charge in [-0.15, -0.1) is 0 Å². The van der Waals surface area contributed by atoms with Crippen LogP contribution >= 0.6 is 0 Å². The van der Waals surface area contributed by atoms with Gasteiger partial charge in [0.15, 0.2) is 0 Å². The lowest BCUT2D eigenvalue weighted by Gasteiger charge is -2.36. The Kier molecular flexibility index (Phi) is 4.43. The van der Waals surface area contributed by atoms with E-state index >= 15 is 0 Å². The Morgan fingerprint density at radius 3 is 2.44 bits per heavy atom. The second-order valence-corrected chi connectivity index (χ2v) is 6.63. The highest BCUT2D eigenvalue weighted by atomic mass is 16.5. The van der Waals surface area contributed by atoms with Gasteiger partial charge in [0.25, 0.3) is 0 Å². The highest BCUT2D eigenvalue weighted by Gasteiger charge is 2.28. The Morgan fingerprint density at radius 1 is 0.920 bits per heavy atom. The molecular weight excluding hydrogens is 310 g/mol. The fourth-order valence-electron chi connectivity index (χ4n) is 3.84. The minimum absolute atomic E-state index is 0.0243. The van der Waals surface area contributed by atoms with E-state index in [1.165, 1.54) is 11.1 Å². The van der Waals surface area contributed by atoms with Crippen LogP contribution in [0.25, 0.3) is 10.8 Å². The third-order valence-corrected chi connectivity index (χ3v) is 5.11. The van der Waals surface area contributed by atoms with Crippen LogP contribution in [0, 0.1) is 6.92 Å². The summed E-state index contributed by atoms with van der Waals surface area (Å²) < 4.78 is 5.57. The number of morpholine rings is 1. The van der Waals surface area contributed by atoms with Crippen molar-refractivity contribution >= 4 is 10.8 Å². The van der Waals surface area contributed by atoms with E-state index in [0.29, 0.717) is 5.75 Å². The van der Waals surface area contributed by atoms with Crippen LogP contribution in [0.4, 0.5) is 0 Å². The van der Waals surface area contributed by atoms with Crippen molar-refractivity contribution in [1.29, 1.82) is 0 Å². The number of aryl methyl sites for hydroxylation is 1. The summed E-state index contributed by atoms with van der Waals surface area (Å²) in [6.45, 7) is 5.33. The van der Waals surface area contributed by atoms with Crippen LogP contribution in [0.3, 0.4) is 0 Å². The first kappa shape index (κ1) is 16.1. The van der Waals surface area contributed by atoms with E-state index in [0.717, 1.165) is 42.6 Å². The van der Waals surface area contributed by atoms with E-state index in [4.69, 9.17) is 4.74 Å². The zero-order valence-electron chi connectivity index (χ0n) is 14.5. The lowest BCUT2D eigenvalue weighted by molar-refractivity contribution is 0.0237. The molecule has 0 aliphatic carbocycles. The monoisotopic (exact) mass is 333 g/mol. The van der Waals surface area contributed by atoms with Gasteiger partial charge in [-0.2, -0.15) is 0 Å². The van der Waals surface area contributed by atoms with E-state index in [2.05, 4.69) is 48.2 Å². The van der Waals surface area contributed by atoms with Crippen LogP contribution < -0.4 is 0 Å². The fraction of sp³-hybridized carbons (Fsp3) is 0.273. The molecule has 0 saturated carbocycles. The molecule has 3 aromatic carbocycles. The lowest BCUT2D eigenvalue weighted by atomic mass is 9.89. The average Bonchev–Trinajstić information content (AvgIpc) is 2.66. The first-order valence-electron chi connectivity index (χ1n) is 8.83. The largest absolute Gasteiger partial charge is 0.508 e. The highest BCUT2D eigenvalue weighted by Crippen LogP contribution is 2.40. The molecule has 1 atom stereocenters. The molecule has 0 spiro atoms. The zero-order chi connectivity index (χ0) is 17.2. The second-order valence-electron chi connectivity index (χ2n) is 6.63. The molecule has 4 rings (SSSR count). The molecule has 1 saturated heterocycles. The normalized spacial score (nSPS) is 16.8. The molecule has 1 unspecified atom stereocenters. The number of phenols is 1. The predicted octanol–water partition coefficient (Wildman–Crippen LogP) is 4.28. The van der Waals surface area contributed by atoms with E-state index in [9.17, 15) is 5.11 Å². The summed E-state index contributed by atoms with van der Waals surface area (Å²) in [5.74, 6) is 0.360. The van der Waals surface area contributed by atoms with Crippen LogP contribution in [0.2, 0.25) is 0 Å². The van der Waals surface area contributed by atoms with E-state index in [1.807, 2.05) is 24.3 Å². The summed E-state index contributed by atoms with van der Waals surface area (Å²) in [5, 5.41) is 13.1. The summed E-state index contributed by atoms with van der Waals surface area (Å²) >= 11 is 0. The van der Waals surface area contributed by atoms with Crippen molar-refractivity contribution < 1.29 is 9.84 Å². The SMILES string of the molecule is Cc1ccccc1C(c1c(O)ccc2ccccc12)N1CCOCC1. The number of fused-ring (bicyclic) bond motifs is 1. The molecule has 1 N–H and O–H groups in total. The Morgan fingerprint density at radius 2 is 1.64 bits per heavy atom. The molecular formula is C22H23NO2. The first-order chi connectivity index (χ1) is 12.3. The molecule has 0 radical (unpaired) electrons. The first-order valence-corrected chi connectivity index (χ1v) is 8.83. The van der Waals surface area contributed by atoms with Gasteiger partial charge in [-0.1, -0.05) is 54.6 Å². The van der Waals surface area contributed by atoms with Gasteiger partial charge in [0, 0.05) is 18.7 Å². The van der Waals surface area contributed by atoms with Crippen molar-refractivity contribution in [1.82, 2.24) is 4.90 Å². The number of ether oxygens (including phenoxy) is 1. The molecule has 3 heteroatoms. The summed E-state index contributed by atoms with van der Waals surface area (Å²) in [4.78, 5) is 2.42. The summed E-state index contributed by atoms with van der Waals surface area (Å²) in [7, 11) is 0. The molecule has 0 aromatic heterocycles. The van der Waals surface area contributed by atoms with E-state index in [1.54, 1.807) is 0 Å². The number of rotatable bonds is 3. The third kappa shape index (κ3) is 3.01. The number of phenolic OH excluding ortho intramolecular Hbond substituents is 1. The Bertz CT molecular complexity index is 884. The molecule has 1 aliphatic heterocycles. The van der Waals surface area contributed by atoms with Crippen LogP contribution in [-0.2, 0) is 4.74 Å². The molecule has 1 aliphatic rings. The minimum Gasteiger partial charge on any atom is -0.508 e. The second kappa shape index (κ2) is 6.87. The van der Waals surface area contributed by atoms with Crippen molar-refractivity contribution in [2.75, 3.05) is 26.3 Å². The van der Waals surface area contributed by atoms with Crippen LogP contribution in [-0.4, -0.2) is 36.3 Å². The highest BCUT2D eigenvalue weighted by molar-refractivity contribution is 5.88. The predicted molar refractivity (Wildman–Crippen MR) is 101 cm³/mol. The van der Waals surface area contributed by atoms with Crippen molar-refractivity contribution in [2.24, 2.45) is 0 Å². The average molecular weight is 333 g/mol. The van der Waals surface area contributed by atoms with Gasteiger partial charge in [0.1, 0.15) is 5.75 Å². The van der Waals surface area contributed by atoms with Gasteiger partial charge >= 0.3 is 0 Å². The summed E-state index contributed by atoms with van der Waals surface area (Å²) in [6.07, 6.45) is 0. The van der Waals surface area contributed by atoms with Gasteiger partial charge in [-0.05, 0) is 34.9 Å². The summed E-state index contributed by atoms with van der Waals surface area (Å²) in [5.41, 5.74) is 3.48. The number of hydrogen-bond donors (Lipinski definition) is 1. The van der Waals surface area contributed by atoms with Gasteiger partial charge < -0.3 is 9.84 Å². The van der Waals surface area contributed by atoms with E-state index in [-0.39, 0.29) is 6.04 Å². The van der Waals surface area contributed by atoms with Gasteiger partial charge in [-0.3, -0.25) is 4.90 Å². The molecule has 0 bridgehead atoms. The number of benzene rings is 3. The lowest BCUT2D eigenvalue weighted by Crippen LogP contribution is -2.39. The standard InChI is InChI=1S/C22H23NO2/c1-16-6-2-4-8-18(16)22(23-12-14-25-15-13-23)21-19-9-5-3-7-17(19)10-11-20(21)24/h2-11,22,24H,12-15H2,1H3. The van der Waals surface area contributed by atoms with Gasteiger partial charge in [0.05, 0.1) is 19.3 Å². The molecule has 1 heterocycles. The maximum Gasteiger partial charge on any atom is 0.121 e. The molecule has 3 nitrogen and oxygen atoms in total. The molecule has 128 valence electrons. The topological polar surface area (TPSA) is 32.7 Å². The zero-order valence-corrected chi connectivity index (χ0v) is 14.5. The molecule has 0 amide bonds. The molecule has 3 aromatic rings. The Balaban J connectivity index is 1.95. The van der Waals surface area contributed by atoms with Crippen LogP contribution in [0.15, 0.2) is 60.7 Å². The van der Waals surface area contributed by atoms with Gasteiger partial charge in [0.2, 0.25) is 0 Å². The van der Waals surface area contributed by atoms with Crippen molar-refractivity contribution in [3.63, 3.8) is 0 Å². The molecule has 25 heavy (non-hydrogen) atoms. The van der Waals surface area contributed by atoms with Crippen LogP contribution in [0.5, 0.6) is 5.75 Å². The maximum absolute atomic E-state index is 10.8. The fourth-order valence-corrected chi connectivity index (χ4v) is 3.84. The maximum atomic E-state index is 10.8. The summed E-state index contributed by atoms with van der Waals surface area (Å²) in [6, 6.07) is 20.6.